The highest BCUT2D eigenvalue weighted by Gasteiger charge is 2.13. The molecule has 0 aliphatic carbocycles. The van der Waals surface area contributed by atoms with Gasteiger partial charge in [0.25, 0.3) is 0 Å². The number of anilines is 2. The Kier molecular flexibility index (Phi) is 4.64. The number of rotatable bonds is 4. The molecule has 0 unspecified atom stereocenters. The zero-order valence-corrected chi connectivity index (χ0v) is 13.1. The molecule has 0 aromatic heterocycles. The minimum Gasteiger partial charge on any atom is -0.371 e. The van der Waals surface area contributed by atoms with E-state index in [1.807, 2.05) is 30.3 Å². The summed E-state index contributed by atoms with van der Waals surface area (Å²) >= 11 is 5.85. The summed E-state index contributed by atoms with van der Waals surface area (Å²) in [5.41, 5.74) is 2.99. The van der Waals surface area contributed by atoms with Gasteiger partial charge in [-0.05, 0) is 48.7 Å². The van der Waals surface area contributed by atoms with E-state index in [0.717, 1.165) is 24.3 Å². The highest BCUT2D eigenvalue weighted by Crippen LogP contribution is 2.23. The van der Waals surface area contributed by atoms with Gasteiger partial charge in [-0.3, -0.25) is 4.79 Å². The maximum atomic E-state index is 12.1. The Bertz CT molecular complexity index is 648. The van der Waals surface area contributed by atoms with Crippen molar-refractivity contribution in [3.63, 3.8) is 0 Å². The Morgan fingerprint density at radius 1 is 1.09 bits per heavy atom. The molecule has 3 rings (SSSR count). The monoisotopic (exact) mass is 314 g/mol. The van der Waals surface area contributed by atoms with Gasteiger partial charge in [-0.2, -0.15) is 0 Å². The molecule has 0 bridgehead atoms. The maximum absolute atomic E-state index is 12.1. The quantitative estimate of drug-likeness (QED) is 0.920. The Morgan fingerprint density at radius 3 is 2.55 bits per heavy atom. The van der Waals surface area contributed by atoms with E-state index in [1.165, 1.54) is 18.5 Å². The van der Waals surface area contributed by atoms with E-state index in [2.05, 4.69) is 16.3 Å². The van der Waals surface area contributed by atoms with Gasteiger partial charge in [-0.1, -0.05) is 29.8 Å². The smallest absolute Gasteiger partial charge is 0.228 e. The number of carbonyl (C=O) groups is 1. The molecule has 114 valence electrons. The van der Waals surface area contributed by atoms with Crippen LogP contribution in [0.3, 0.4) is 0 Å². The van der Waals surface area contributed by atoms with Gasteiger partial charge in [0, 0.05) is 29.5 Å². The molecule has 4 heteroatoms. The van der Waals surface area contributed by atoms with E-state index < -0.39 is 0 Å². The molecular formula is C18H19ClN2O. The van der Waals surface area contributed by atoms with Crippen molar-refractivity contribution in [2.75, 3.05) is 23.3 Å². The van der Waals surface area contributed by atoms with Crippen molar-refractivity contribution in [1.82, 2.24) is 0 Å². The van der Waals surface area contributed by atoms with E-state index in [9.17, 15) is 4.79 Å². The summed E-state index contributed by atoms with van der Waals surface area (Å²) in [6, 6.07) is 15.4. The van der Waals surface area contributed by atoms with Crippen LogP contribution in [0.5, 0.6) is 0 Å². The van der Waals surface area contributed by atoms with Crippen molar-refractivity contribution in [3.05, 3.63) is 59.1 Å². The third-order valence-electron chi connectivity index (χ3n) is 3.88. The Hall–Kier alpha value is -2.00. The first-order valence-electron chi connectivity index (χ1n) is 7.60. The third-order valence-corrected chi connectivity index (χ3v) is 4.13. The van der Waals surface area contributed by atoms with Crippen molar-refractivity contribution in [1.29, 1.82) is 0 Å². The van der Waals surface area contributed by atoms with Crippen LogP contribution in [0.25, 0.3) is 0 Å². The minimum atomic E-state index is -0.0131. The normalized spacial score (nSPS) is 14.1. The highest BCUT2D eigenvalue weighted by atomic mass is 35.5. The highest BCUT2D eigenvalue weighted by molar-refractivity contribution is 6.30. The largest absolute Gasteiger partial charge is 0.371 e. The fourth-order valence-electron chi connectivity index (χ4n) is 2.75. The predicted molar refractivity (Wildman–Crippen MR) is 91.7 cm³/mol. The second-order valence-electron chi connectivity index (χ2n) is 5.60. The number of amides is 1. The molecule has 2 aromatic carbocycles. The number of hydrogen-bond donors (Lipinski definition) is 1. The lowest BCUT2D eigenvalue weighted by Crippen LogP contribution is -2.18. The minimum absolute atomic E-state index is 0.0131. The van der Waals surface area contributed by atoms with Gasteiger partial charge in [0.05, 0.1) is 6.42 Å². The van der Waals surface area contributed by atoms with E-state index >= 15 is 0 Å². The lowest BCUT2D eigenvalue weighted by molar-refractivity contribution is -0.115. The van der Waals surface area contributed by atoms with Crippen molar-refractivity contribution < 1.29 is 4.79 Å². The van der Waals surface area contributed by atoms with Crippen LogP contribution >= 0.6 is 11.6 Å². The molecule has 0 saturated carbocycles. The first-order valence-corrected chi connectivity index (χ1v) is 7.98. The zero-order chi connectivity index (χ0) is 15.4. The van der Waals surface area contributed by atoms with Crippen molar-refractivity contribution in [2.45, 2.75) is 19.3 Å². The van der Waals surface area contributed by atoms with Crippen LogP contribution in [0.4, 0.5) is 11.4 Å². The number of nitrogens with one attached hydrogen (secondary N) is 1. The van der Waals surface area contributed by atoms with Gasteiger partial charge in [0.15, 0.2) is 0 Å². The third kappa shape index (κ3) is 3.80. The maximum Gasteiger partial charge on any atom is 0.228 e. The zero-order valence-electron chi connectivity index (χ0n) is 12.4. The van der Waals surface area contributed by atoms with Crippen LogP contribution in [-0.4, -0.2) is 19.0 Å². The van der Waals surface area contributed by atoms with Gasteiger partial charge in [0.1, 0.15) is 0 Å². The van der Waals surface area contributed by atoms with Crippen LogP contribution in [0.2, 0.25) is 5.02 Å². The van der Waals surface area contributed by atoms with Crippen LogP contribution in [0, 0.1) is 0 Å². The van der Waals surface area contributed by atoms with E-state index in [4.69, 9.17) is 11.6 Å². The standard InChI is InChI=1S/C18H19ClN2O/c19-15-8-6-14(7-9-15)12-18(22)20-16-4-3-5-17(13-16)21-10-1-2-11-21/h3-9,13H,1-2,10-12H2,(H,20,22). The van der Waals surface area contributed by atoms with Crippen molar-refractivity contribution in [3.8, 4) is 0 Å². The van der Waals surface area contributed by atoms with Gasteiger partial charge in [-0.25, -0.2) is 0 Å². The Labute approximate surface area is 135 Å². The molecule has 22 heavy (non-hydrogen) atoms. The van der Waals surface area contributed by atoms with Crippen molar-refractivity contribution >= 4 is 28.9 Å². The molecular weight excluding hydrogens is 296 g/mol. The Balaban J connectivity index is 1.63. The topological polar surface area (TPSA) is 32.3 Å². The first-order chi connectivity index (χ1) is 10.7. The average molecular weight is 315 g/mol. The molecule has 0 radical (unpaired) electrons. The van der Waals surface area contributed by atoms with Crippen LogP contribution in [-0.2, 0) is 11.2 Å². The summed E-state index contributed by atoms with van der Waals surface area (Å²) in [4.78, 5) is 14.5. The van der Waals surface area contributed by atoms with Gasteiger partial charge in [-0.15, -0.1) is 0 Å². The summed E-state index contributed by atoms with van der Waals surface area (Å²) in [5.74, 6) is -0.0131. The van der Waals surface area contributed by atoms with Gasteiger partial charge < -0.3 is 10.2 Å². The van der Waals surface area contributed by atoms with Crippen molar-refractivity contribution in [2.24, 2.45) is 0 Å². The number of nitrogens with zero attached hydrogens (tertiary/aromatic N) is 1. The molecule has 1 amide bonds. The molecule has 1 saturated heterocycles. The van der Waals surface area contributed by atoms with Gasteiger partial charge >= 0.3 is 0 Å². The second-order valence-corrected chi connectivity index (χ2v) is 6.03. The average Bonchev–Trinajstić information content (AvgIpc) is 3.04. The summed E-state index contributed by atoms with van der Waals surface area (Å²) in [7, 11) is 0. The van der Waals surface area contributed by atoms with E-state index in [1.54, 1.807) is 12.1 Å². The number of halogens is 1. The lowest BCUT2D eigenvalue weighted by atomic mass is 10.1. The predicted octanol–water partition coefficient (Wildman–Crippen LogP) is 4.12. The van der Waals surface area contributed by atoms with E-state index in [0.29, 0.717) is 11.4 Å². The fourth-order valence-corrected chi connectivity index (χ4v) is 2.87. The molecule has 3 nitrogen and oxygen atoms in total. The van der Waals surface area contributed by atoms with Crippen LogP contribution in [0.15, 0.2) is 48.5 Å². The summed E-state index contributed by atoms with van der Waals surface area (Å²) in [5, 5.41) is 3.65. The SMILES string of the molecule is O=C(Cc1ccc(Cl)cc1)Nc1cccc(N2CCCC2)c1. The van der Waals surface area contributed by atoms with Crippen LogP contribution in [0.1, 0.15) is 18.4 Å². The lowest BCUT2D eigenvalue weighted by Gasteiger charge is -2.18. The summed E-state index contributed by atoms with van der Waals surface area (Å²) in [6.07, 6.45) is 2.84. The number of carbonyl (C=O) groups excluding carboxylic acids is 1. The summed E-state index contributed by atoms with van der Waals surface area (Å²) < 4.78 is 0. The molecule has 1 aliphatic rings. The molecule has 1 aliphatic heterocycles. The molecule has 0 spiro atoms. The fraction of sp³-hybridized carbons (Fsp3) is 0.278. The van der Waals surface area contributed by atoms with E-state index in [-0.39, 0.29) is 5.91 Å². The first kappa shape index (κ1) is 14.9. The molecule has 1 fully saturated rings. The molecule has 2 aromatic rings. The molecule has 1 N–H and O–H groups in total. The number of benzene rings is 2. The summed E-state index contributed by atoms with van der Waals surface area (Å²) in [6.45, 7) is 2.20. The number of hydrogen-bond acceptors (Lipinski definition) is 2. The van der Waals surface area contributed by atoms with Crippen LogP contribution < -0.4 is 10.2 Å². The molecule has 0 atom stereocenters. The second kappa shape index (κ2) is 6.84. The molecule has 1 heterocycles. The Morgan fingerprint density at radius 2 is 1.82 bits per heavy atom. The van der Waals surface area contributed by atoms with Gasteiger partial charge in [0.2, 0.25) is 5.91 Å².